The Morgan fingerprint density at radius 1 is 1.40 bits per heavy atom. The van der Waals surface area contributed by atoms with Crippen LogP contribution in [-0.2, 0) is 9.53 Å². The van der Waals surface area contributed by atoms with Crippen LogP contribution in [0.15, 0.2) is 29.2 Å². The van der Waals surface area contributed by atoms with Crippen molar-refractivity contribution in [3.8, 4) is 0 Å². The zero-order chi connectivity index (χ0) is 14.5. The minimum absolute atomic E-state index is 0.0968. The molecule has 2 rings (SSSR count). The summed E-state index contributed by atoms with van der Waals surface area (Å²) in [4.78, 5) is 14.4. The van der Waals surface area contributed by atoms with Crippen molar-refractivity contribution in [2.45, 2.75) is 6.42 Å². The van der Waals surface area contributed by atoms with E-state index in [1.54, 1.807) is 30.2 Å². The Kier molecular flexibility index (Phi) is 5.28. The number of thioether (sulfide) groups is 1. The van der Waals surface area contributed by atoms with Crippen molar-refractivity contribution in [1.29, 1.82) is 0 Å². The molecule has 3 nitrogen and oxygen atoms in total. The van der Waals surface area contributed by atoms with Gasteiger partial charge in [-0.1, -0.05) is 36.1 Å². The fourth-order valence-corrected chi connectivity index (χ4v) is 3.08. The van der Waals surface area contributed by atoms with E-state index in [0.29, 0.717) is 22.4 Å². The number of hydrogen-bond acceptors (Lipinski definition) is 4. The molecule has 0 spiro atoms. The second-order valence-corrected chi connectivity index (χ2v) is 5.91. The first kappa shape index (κ1) is 15.2. The van der Waals surface area contributed by atoms with Gasteiger partial charge in [-0.05, 0) is 30.2 Å². The van der Waals surface area contributed by atoms with Crippen molar-refractivity contribution in [3.05, 3.63) is 40.6 Å². The molecular formula is C14H14FNO2S2. The highest BCUT2D eigenvalue weighted by molar-refractivity contribution is 8.26. The van der Waals surface area contributed by atoms with Crippen molar-refractivity contribution in [1.82, 2.24) is 4.90 Å². The third-order valence-electron chi connectivity index (χ3n) is 2.77. The molecule has 1 amide bonds. The molecule has 0 N–H and O–H groups in total. The van der Waals surface area contributed by atoms with Gasteiger partial charge in [0.2, 0.25) is 0 Å². The molecule has 0 bridgehead atoms. The van der Waals surface area contributed by atoms with Gasteiger partial charge in [-0.2, -0.15) is 0 Å². The number of methoxy groups -OCH3 is 1. The number of carbonyl (C=O) groups is 1. The maximum absolute atomic E-state index is 12.8. The highest BCUT2D eigenvalue weighted by Crippen LogP contribution is 2.32. The van der Waals surface area contributed by atoms with Crippen molar-refractivity contribution < 1.29 is 13.9 Å². The average Bonchev–Trinajstić information content (AvgIpc) is 2.69. The van der Waals surface area contributed by atoms with Crippen LogP contribution < -0.4 is 0 Å². The molecule has 6 heteroatoms. The van der Waals surface area contributed by atoms with Crippen molar-refractivity contribution >= 4 is 40.3 Å². The van der Waals surface area contributed by atoms with Gasteiger partial charge in [0.1, 0.15) is 10.1 Å². The van der Waals surface area contributed by atoms with Crippen LogP contribution in [-0.4, -0.2) is 35.4 Å². The predicted octanol–water partition coefficient (Wildman–Crippen LogP) is 3.06. The summed E-state index contributed by atoms with van der Waals surface area (Å²) in [5, 5.41) is 0. The van der Waals surface area contributed by atoms with E-state index in [0.717, 1.165) is 12.0 Å². The van der Waals surface area contributed by atoms with E-state index >= 15 is 0 Å². The van der Waals surface area contributed by atoms with Gasteiger partial charge in [0.15, 0.2) is 0 Å². The number of benzene rings is 1. The second-order valence-electron chi connectivity index (χ2n) is 4.23. The molecule has 0 atom stereocenters. The van der Waals surface area contributed by atoms with E-state index in [1.807, 2.05) is 0 Å². The Bertz CT molecular complexity index is 543. The minimum atomic E-state index is -0.297. The van der Waals surface area contributed by atoms with Crippen molar-refractivity contribution in [2.24, 2.45) is 0 Å². The fourth-order valence-electron chi connectivity index (χ4n) is 1.77. The average molecular weight is 311 g/mol. The fraction of sp³-hybridized carbons (Fsp3) is 0.286. The summed E-state index contributed by atoms with van der Waals surface area (Å²) in [6.45, 7) is 1.15. The molecule has 1 aliphatic heterocycles. The Morgan fingerprint density at radius 3 is 2.75 bits per heavy atom. The van der Waals surface area contributed by atoms with Crippen LogP contribution in [0, 0.1) is 5.82 Å². The quantitative estimate of drug-likeness (QED) is 0.475. The number of amides is 1. The summed E-state index contributed by atoms with van der Waals surface area (Å²) in [7, 11) is 1.62. The van der Waals surface area contributed by atoms with Crippen LogP contribution in [0.5, 0.6) is 0 Å². The predicted molar refractivity (Wildman–Crippen MR) is 82.8 cm³/mol. The van der Waals surface area contributed by atoms with Crippen LogP contribution in [0.1, 0.15) is 12.0 Å². The zero-order valence-electron chi connectivity index (χ0n) is 11.0. The largest absolute Gasteiger partial charge is 0.385 e. The van der Waals surface area contributed by atoms with E-state index in [-0.39, 0.29) is 11.7 Å². The van der Waals surface area contributed by atoms with Crippen LogP contribution >= 0.6 is 24.0 Å². The summed E-state index contributed by atoms with van der Waals surface area (Å²) in [6, 6.07) is 6.00. The van der Waals surface area contributed by atoms with E-state index in [4.69, 9.17) is 17.0 Å². The SMILES string of the molecule is COCCCN1C(=O)C(=Cc2ccc(F)cc2)SC1=S. The number of ether oxygens (including phenoxy) is 1. The van der Waals surface area contributed by atoms with Gasteiger partial charge >= 0.3 is 0 Å². The maximum Gasteiger partial charge on any atom is 0.266 e. The van der Waals surface area contributed by atoms with Gasteiger partial charge in [0.25, 0.3) is 5.91 Å². The van der Waals surface area contributed by atoms with Crippen LogP contribution in [0.25, 0.3) is 6.08 Å². The number of hydrogen-bond donors (Lipinski definition) is 0. The Balaban J connectivity index is 2.09. The summed E-state index contributed by atoms with van der Waals surface area (Å²) in [5.74, 6) is -0.394. The number of carbonyl (C=O) groups excluding carboxylic acids is 1. The molecule has 1 fully saturated rings. The lowest BCUT2D eigenvalue weighted by molar-refractivity contribution is -0.122. The summed E-state index contributed by atoms with van der Waals surface area (Å²) in [6.07, 6.45) is 2.47. The highest BCUT2D eigenvalue weighted by atomic mass is 32.2. The minimum Gasteiger partial charge on any atom is -0.385 e. The second kappa shape index (κ2) is 6.97. The molecule has 106 valence electrons. The number of nitrogens with zero attached hydrogens (tertiary/aromatic N) is 1. The van der Waals surface area contributed by atoms with E-state index in [2.05, 4.69) is 0 Å². The molecule has 1 aromatic rings. The molecule has 20 heavy (non-hydrogen) atoms. The normalized spacial score (nSPS) is 17.3. The first-order valence-electron chi connectivity index (χ1n) is 6.11. The van der Waals surface area contributed by atoms with Crippen LogP contribution in [0.2, 0.25) is 0 Å². The number of thiocarbonyl (C=S) groups is 1. The molecular weight excluding hydrogens is 297 g/mol. The van der Waals surface area contributed by atoms with Gasteiger partial charge in [-0.3, -0.25) is 9.69 Å². The maximum atomic E-state index is 12.8. The van der Waals surface area contributed by atoms with Gasteiger partial charge < -0.3 is 4.74 Å². The lowest BCUT2D eigenvalue weighted by Crippen LogP contribution is -2.29. The van der Waals surface area contributed by atoms with Crippen LogP contribution in [0.3, 0.4) is 0 Å². The summed E-state index contributed by atoms with van der Waals surface area (Å²) in [5.41, 5.74) is 0.781. The molecule has 0 radical (unpaired) electrons. The number of halogens is 1. The summed E-state index contributed by atoms with van der Waals surface area (Å²) < 4.78 is 18.4. The van der Waals surface area contributed by atoms with Gasteiger partial charge in [-0.25, -0.2) is 4.39 Å². The Labute approximate surface area is 126 Å². The van der Waals surface area contributed by atoms with Gasteiger partial charge in [0, 0.05) is 20.3 Å². The number of rotatable bonds is 5. The Morgan fingerprint density at radius 2 is 2.10 bits per heavy atom. The molecule has 1 heterocycles. The van der Waals surface area contributed by atoms with Crippen molar-refractivity contribution in [2.75, 3.05) is 20.3 Å². The summed E-state index contributed by atoms with van der Waals surface area (Å²) >= 11 is 6.48. The molecule has 0 unspecified atom stereocenters. The van der Waals surface area contributed by atoms with E-state index < -0.39 is 0 Å². The van der Waals surface area contributed by atoms with E-state index in [1.165, 1.54) is 23.9 Å². The molecule has 0 saturated carbocycles. The smallest absolute Gasteiger partial charge is 0.266 e. The topological polar surface area (TPSA) is 29.5 Å². The third-order valence-corrected chi connectivity index (χ3v) is 4.15. The third kappa shape index (κ3) is 3.65. The van der Waals surface area contributed by atoms with E-state index in [9.17, 15) is 9.18 Å². The van der Waals surface area contributed by atoms with Crippen LogP contribution in [0.4, 0.5) is 4.39 Å². The molecule has 1 saturated heterocycles. The molecule has 1 aromatic carbocycles. The van der Waals surface area contributed by atoms with Gasteiger partial charge in [-0.15, -0.1) is 0 Å². The molecule has 0 aliphatic carbocycles. The van der Waals surface area contributed by atoms with Gasteiger partial charge in [0.05, 0.1) is 4.91 Å². The lowest BCUT2D eigenvalue weighted by atomic mass is 10.2. The molecule has 1 aliphatic rings. The standard InChI is InChI=1S/C14H14FNO2S2/c1-18-8-2-7-16-13(17)12(20-14(16)19)9-10-3-5-11(15)6-4-10/h3-6,9H,2,7-8H2,1H3. The van der Waals surface area contributed by atoms with Crippen molar-refractivity contribution in [3.63, 3.8) is 0 Å². The zero-order valence-corrected chi connectivity index (χ0v) is 12.6. The Hall–Kier alpha value is -1.24. The lowest BCUT2D eigenvalue weighted by Gasteiger charge is -2.13. The molecule has 0 aromatic heterocycles. The highest BCUT2D eigenvalue weighted by Gasteiger charge is 2.31. The first-order chi connectivity index (χ1) is 9.61. The first-order valence-corrected chi connectivity index (χ1v) is 7.34. The monoisotopic (exact) mass is 311 g/mol.